The Balaban J connectivity index is 1.49. The number of piperidine rings is 1. The van der Waals surface area contributed by atoms with Crippen molar-refractivity contribution in [2.24, 2.45) is 0 Å². The van der Waals surface area contributed by atoms with Gasteiger partial charge in [0, 0.05) is 22.7 Å². The number of likely N-dealkylation sites (tertiary alicyclic amines) is 1. The van der Waals surface area contributed by atoms with Crippen LogP contribution in [-0.2, 0) is 0 Å². The molecule has 168 valence electrons. The van der Waals surface area contributed by atoms with Crippen molar-refractivity contribution in [1.82, 2.24) is 24.5 Å². The number of nitrogens with one attached hydrogen (secondary N) is 1. The Morgan fingerprint density at radius 1 is 1.12 bits per heavy atom. The van der Waals surface area contributed by atoms with Crippen molar-refractivity contribution in [3.8, 4) is 11.3 Å². The number of fused-ring (bicyclic) bond motifs is 2. The minimum atomic E-state index is 0.429. The van der Waals surface area contributed by atoms with E-state index in [-0.39, 0.29) is 0 Å². The number of hydrogen-bond donors (Lipinski definition) is 1. The summed E-state index contributed by atoms with van der Waals surface area (Å²) in [4.78, 5) is 10.8. The van der Waals surface area contributed by atoms with Gasteiger partial charge in [0.1, 0.15) is 5.82 Å². The van der Waals surface area contributed by atoms with Gasteiger partial charge in [-0.15, -0.1) is 0 Å². The SMILES string of the molecule is CCCCN1CCC(c2ccc3[nH]c(-c4ccc5nc(C)nn5c4)c(C(C)C)c3c2)CC1. The van der Waals surface area contributed by atoms with Crippen LogP contribution in [0.3, 0.4) is 0 Å². The maximum Gasteiger partial charge on any atom is 0.155 e. The Hall–Kier alpha value is -2.66. The molecule has 1 aliphatic rings. The normalized spacial score (nSPS) is 16.0. The number of H-pyrrole nitrogens is 1. The van der Waals surface area contributed by atoms with E-state index in [0.717, 1.165) is 17.0 Å². The van der Waals surface area contributed by atoms with E-state index in [2.05, 4.69) is 77.3 Å². The lowest BCUT2D eigenvalue weighted by atomic mass is 9.87. The molecule has 0 saturated carbocycles. The lowest BCUT2D eigenvalue weighted by molar-refractivity contribution is 0.210. The van der Waals surface area contributed by atoms with Crippen LogP contribution in [0.25, 0.3) is 27.8 Å². The fraction of sp³-hybridized carbons (Fsp3) is 0.481. The average molecular weight is 430 g/mol. The smallest absolute Gasteiger partial charge is 0.155 e. The van der Waals surface area contributed by atoms with Crippen LogP contribution in [0.4, 0.5) is 0 Å². The van der Waals surface area contributed by atoms with Gasteiger partial charge in [-0.25, -0.2) is 9.50 Å². The van der Waals surface area contributed by atoms with Crippen LogP contribution < -0.4 is 0 Å². The molecule has 3 aromatic heterocycles. The first-order valence-corrected chi connectivity index (χ1v) is 12.2. The Morgan fingerprint density at radius 2 is 1.94 bits per heavy atom. The summed E-state index contributed by atoms with van der Waals surface area (Å²) >= 11 is 0. The van der Waals surface area contributed by atoms with Crippen molar-refractivity contribution >= 4 is 16.6 Å². The van der Waals surface area contributed by atoms with E-state index < -0.39 is 0 Å². The molecule has 32 heavy (non-hydrogen) atoms. The van der Waals surface area contributed by atoms with Gasteiger partial charge in [-0.1, -0.05) is 33.3 Å². The molecule has 5 rings (SSSR count). The van der Waals surface area contributed by atoms with E-state index in [0.29, 0.717) is 11.8 Å². The summed E-state index contributed by atoms with van der Waals surface area (Å²) in [5.74, 6) is 1.90. The number of unbranched alkanes of at least 4 members (excludes halogenated alkanes) is 1. The van der Waals surface area contributed by atoms with Gasteiger partial charge in [-0.05, 0) is 93.0 Å². The molecule has 0 spiro atoms. The number of aromatic amines is 1. The molecule has 0 amide bonds. The largest absolute Gasteiger partial charge is 0.354 e. The summed E-state index contributed by atoms with van der Waals surface area (Å²) in [6, 6.07) is 11.3. The second-order valence-electron chi connectivity index (χ2n) is 9.72. The molecule has 5 nitrogen and oxygen atoms in total. The molecule has 0 aliphatic carbocycles. The first-order valence-electron chi connectivity index (χ1n) is 12.2. The highest BCUT2D eigenvalue weighted by Gasteiger charge is 2.22. The molecule has 5 heteroatoms. The van der Waals surface area contributed by atoms with Crippen LogP contribution in [-0.4, -0.2) is 44.1 Å². The van der Waals surface area contributed by atoms with E-state index in [1.165, 1.54) is 73.0 Å². The maximum absolute atomic E-state index is 4.52. The molecule has 0 atom stereocenters. The zero-order chi connectivity index (χ0) is 22.2. The minimum Gasteiger partial charge on any atom is -0.354 e. The van der Waals surface area contributed by atoms with Gasteiger partial charge in [0.2, 0.25) is 0 Å². The molecule has 1 aliphatic heterocycles. The van der Waals surface area contributed by atoms with Crippen LogP contribution >= 0.6 is 0 Å². The van der Waals surface area contributed by atoms with Crippen LogP contribution in [0.2, 0.25) is 0 Å². The summed E-state index contributed by atoms with van der Waals surface area (Å²) < 4.78 is 1.89. The topological polar surface area (TPSA) is 49.2 Å². The predicted octanol–water partition coefficient (Wildman–Crippen LogP) is 6.29. The van der Waals surface area contributed by atoms with Gasteiger partial charge < -0.3 is 9.88 Å². The molecule has 0 unspecified atom stereocenters. The molecule has 4 heterocycles. The van der Waals surface area contributed by atoms with Crippen molar-refractivity contribution < 1.29 is 0 Å². The van der Waals surface area contributed by atoms with Gasteiger partial charge in [0.15, 0.2) is 5.65 Å². The molecule has 0 radical (unpaired) electrons. The second-order valence-corrected chi connectivity index (χ2v) is 9.72. The van der Waals surface area contributed by atoms with Crippen LogP contribution in [0.15, 0.2) is 36.5 Å². The highest BCUT2D eigenvalue weighted by Crippen LogP contribution is 2.38. The van der Waals surface area contributed by atoms with E-state index >= 15 is 0 Å². The highest BCUT2D eigenvalue weighted by atomic mass is 15.3. The summed E-state index contributed by atoms with van der Waals surface area (Å²) in [6.45, 7) is 12.5. The molecule has 1 saturated heterocycles. The van der Waals surface area contributed by atoms with Crippen molar-refractivity contribution in [2.45, 2.75) is 65.2 Å². The summed E-state index contributed by atoms with van der Waals surface area (Å²) in [5, 5.41) is 5.89. The van der Waals surface area contributed by atoms with E-state index in [1.807, 2.05) is 11.4 Å². The zero-order valence-electron chi connectivity index (χ0n) is 19.9. The highest BCUT2D eigenvalue weighted by molar-refractivity contribution is 5.92. The standard InChI is InChI=1S/C27H35N5/c1-5-6-13-31-14-11-20(12-15-31)21-7-9-24-23(16-21)26(18(2)3)27(29-24)22-8-10-25-28-19(4)30-32(25)17-22/h7-10,16-18,20,29H,5-6,11-15H2,1-4H3. The molecule has 0 bridgehead atoms. The predicted molar refractivity (Wildman–Crippen MR) is 132 cm³/mol. The van der Waals surface area contributed by atoms with E-state index in [4.69, 9.17) is 0 Å². The second kappa shape index (κ2) is 8.70. The Bertz CT molecular complexity index is 1220. The van der Waals surface area contributed by atoms with Crippen molar-refractivity contribution in [2.75, 3.05) is 19.6 Å². The molecule has 4 aromatic rings. The first kappa shape index (κ1) is 21.2. The van der Waals surface area contributed by atoms with E-state index in [1.54, 1.807) is 0 Å². The third-order valence-corrected chi connectivity index (χ3v) is 7.05. The molecular weight excluding hydrogens is 394 g/mol. The Morgan fingerprint density at radius 3 is 2.69 bits per heavy atom. The van der Waals surface area contributed by atoms with Crippen LogP contribution in [0.1, 0.15) is 75.2 Å². The molecule has 1 aromatic carbocycles. The van der Waals surface area contributed by atoms with Crippen molar-refractivity contribution in [3.05, 3.63) is 53.5 Å². The fourth-order valence-electron chi connectivity index (χ4n) is 5.33. The monoisotopic (exact) mass is 429 g/mol. The number of aryl methyl sites for hydroxylation is 1. The van der Waals surface area contributed by atoms with Crippen LogP contribution in [0, 0.1) is 6.92 Å². The quantitative estimate of drug-likeness (QED) is 0.392. The van der Waals surface area contributed by atoms with Gasteiger partial charge in [0.05, 0.1) is 5.69 Å². The lowest BCUT2D eigenvalue weighted by Crippen LogP contribution is -2.33. The van der Waals surface area contributed by atoms with Crippen LogP contribution in [0.5, 0.6) is 0 Å². The Labute approximate surface area is 190 Å². The number of benzene rings is 1. The fourth-order valence-corrected chi connectivity index (χ4v) is 5.33. The minimum absolute atomic E-state index is 0.429. The van der Waals surface area contributed by atoms with Gasteiger partial charge in [0.25, 0.3) is 0 Å². The lowest BCUT2D eigenvalue weighted by Gasteiger charge is -2.32. The van der Waals surface area contributed by atoms with Crippen molar-refractivity contribution in [1.29, 1.82) is 0 Å². The third kappa shape index (κ3) is 3.95. The molecule has 1 N–H and O–H groups in total. The van der Waals surface area contributed by atoms with Crippen molar-refractivity contribution in [3.63, 3.8) is 0 Å². The Kier molecular flexibility index (Phi) is 5.76. The van der Waals surface area contributed by atoms with Gasteiger partial charge in [-0.3, -0.25) is 0 Å². The summed E-state index contributed by atoms with van der Waals surface area (Å²) in [7, 11) is 0. The average Bonchev–Trinajstić information content (AvgIpc) is 3.36. The zero-order valence-corrected chi connectivity index (χ0v) is 19.9. The molecule has 1 fully saturated rings. The molecular formula is C27H35N5. The first-order chi connectivity index (χ1) is 15.5. The number of pyridine rings is 1. The summed E-state index contributed by atoms with van der Waals surface area (Å²) in [5.41, 5.74) is 7.38. The van der Waals surface area contributed by atoms with Gasteiger partial charge in [-0.2, -0.15) is 5.10 Å². The number of nitrogens with zero attached hydrogens (tertiary/aromatic N) is 4. The summed E-state index contributed by atoms with van der Waals surface area (Å²) in [6.07, 6.45) is 7.24. The number of rotatable bonds is 6. The van der Waals surface area contributed by atoms with Gasteiger partial charge >= 0.3 is 0 Å². The third-order valence-electron chi connectivity index (χ3n) is 7.05. The van der Waals surface area contributed by atoms with E-state index in [9.17, 15) is 0 Å². The number of hydrogen-bond acceptors (Lipinski definition) is 3. The maximum atomic E-state index is 4.52. The number of aromatic nitrogens is 4.